The third-order valence-corrected chi connectivity index (χ3v) is 5.41. The minimum atomic E-state index is -1.24. The predicted octanol–water partition coefficient (Wildman–Crippen LogP) is 2.50. The summed E-state index contributed by atoms with van der Waals surface area (Å²) < 4.78 is 22.1. The van der Waals surface area contributed by atoms with Crippen LogP contribution >= 0.6 is 0 Å². The Morgan fingerprint density at radius 3 is 3.00 bits per heavy atom. The Morgan fingerprint density at radius 2 is 2.20 bits per heavy atom. The van der Waals surface area contributed by atoms with Gasteiger partial charge in [-0.1, -0.05) is 12.1 Å². The van der Waals surface area contributed by atoms with E-state index in [0.29, 0.717) is 24.3 Å². The van der Waals surface area contributed by atoms with Crippen LogP contribution in [-0.4, -0.2) is 28.4 Å². The molecule has 0 amide bonds. The Kier molecular flexibility index (Phi) is 2.86. The molecular formula is C19H14FNO4. The molecule has 0 spiro atoms. The van der Waals surface area contributed by atoms with E-state index in [4.69, 9.17) is 4.74 Å². The van der Waals surface area contributed by atoms with Crippen molar-refractivity contribution < 1.29 is 19.0 Å². The van der Waals surface area contributed by atoms with Crippen LogP contribution in [0.4, 0.5) is 4.39 Å². The summed E-state index contributed by atoms with van der Waals surface area (Å²) in [5, 5.41) is 9.27. The lowest BCUT2D eigenvalue weighted by atomic mass is 9.89. The summed E-state index contributed by atoms with van der Waals surface area (Å²) in [5.41, 5.74) is 3.15. The number of carbonyl (C=O) groups is 1. The van der Waals surface area contributed by atoms with Gasteiger partial charge in [-0.3, -0.25) is 4.79 Å². The monoisotopic (exact) mass is 339 g/mol. The van der Waals surface area contributed by atoms with Crippen molar-refractivity contribution in [3.05, 3.63) is 68.9 Å². The molecule has 1 aromatic carbocycles. The van der Waals surface area contributed by atoms with E-state index in [0.717, 1.165) is 23.1 Å². The third-order valence-electron chi connectivity index (χ3n) is 5.41. The normalized spacial score (nSPS) is 23.1. The van der Waals surface area contributed by atoms with E-state index in [-0.39, 0.29) is 23.5 Å². The van der Waals surface area contributed by atoms with Gasteiger partial charge in [-0.25, -0.2) is 9.18 Å². The smallest absolute Gasteiger partial charge is 0.341 e. The summed E-state index contributed by atoms with van der Waals surface area (Å²) >= 11 is 0. The fraction of sp³-hybridized carbons (Fsp3) is 0.263. The average Bonchev–Trinajstić information content (AvgIpc) is 3.19. The minimum absolute atomic E-state index is 0.0818. The number of hydrogen-bond acceptors (Lipinski definition) is 3. The molecule has 1 aliphatic carbocycles. The largest absolute Gasteiger partial charge is 0.477 e. The summed E-state index contributed by atoms with van der Waals surface area (Å²) in [6, 6.07) is 6.30. The van der Waals surface area contributed by atoms with Gasteiger partial charge in [-0.15, -0.1) is 0 Å². The van der Waals surface area contributed by atoms with Gasteiger partial charge in [0, 0.05) is 31.0 Å². The number of ether oxygens (including phenoxy) is 1. The van der Waals surface area contributed by atoms with E-state index in [9.17, 15) is 19.1 Å². The lowest BCUT2D eigenvalue weighted by Gasteiger charge is -2.32. The van der Waals surface area contributed by atoms with Gasteiger partial charge in [0.2, 0.25) is 0 Å². The number of nitrogens with zero attached hydrogens (tertiary/aromatic N) is 1. The number of hydrogen-bond donors (Lipinski definition) is 1. The Hall–Kier alpha value is -2.73. The lowest BCUT2D eigenvalue weighted by Crippen LogP contribution is -2.31. The number of allylic oxidation sites excluding steroid dienone is 1. The van der Waals surface area contributed by atoms with Crippen LogP contribution in [-0.2, 0) is 11.2 Å². The average molecular weight is 339 g/mol. The number of benzene rings is 1. The number of pyridine rings is 1. The van der Waals surface area contributed by atoms with Gasteiger partial charge < -0.3 is 14.4 Å². The molecule has 3 aliphatic rings. The molecule has 6 heteroatoms. The molecule has 5 nitrogen and oxygen atoms in total. The van der Waals surface area contributed by atoms with Crippen molar-refractivity contribution >= 4 is 17.1 Å². The molecule has 25 heavy (non-hydrogen) atoms. The van der Waals surface area contributed by atoms with Gasteiger partial charge in [-0.2, -0.15) is 0 Å². The van der Waals surface area contributed by atoms with Crippen LogP contribution in [0.5, 0.6) is 0 Å². The van der Waals surface area contributed by atoms with Gasteiger partial charge in [0.1, 0.15) is 17.5 Å². The van der Waals surface area contributed by atoms with Crippen LogP contribution < -0.4 is 5.43 Å². The van der Waals surface area contributed by atoms with E-state index in [1.807, 2.05) is 10.6 Å². The second kappa shape index (κ2) is 4.89. The quantitative estimate of drug-likeness (QED) is 0.867. The predicted molar refractivity (Wildman–Crippen MR) is 88.0 cm³/mol. The molecule has 5 rings (SSSR count). The molecule has 1 saturated heterocycles. The summed E-state index contributed by atoms with van der Waals surface area (Å²) in [5.74, 6) is -1.51. The Morgan fingerprint density at radius 1 is 1.36 bits per heavy atom. The molecule has 1 fully saturated rings. The molecule has 3 heterocycles. The van der Waals surface area contributed by atoms with Crippen LogP contribution in [0.2, 0.25) is 0 Å². The molecule has 1 N–H and O–H groups in total. The fourth-order valence-electron chi connectivity index (χ4n) is 4.34. The zero-order valence-electron chi connectivity index (χ0n) is 13.2. The van der Waals surface area contributed by atoms with Crippen LogP contribution in [0.1, 0.15) is 39.6 Å². The molecule has 2 aliphatic heterocycles. The first-order valence-electron chi connectivity index (χ1n) is 8.18. The number of aromatic carboxylic acids is 1. The molecule has 1 aromatic heterocycles. The standard InChI is InChI=1S/C19H14FNO4/c20-13-3-1-2-9-10(13)6-11-15-7-16(22)12(19(23)24)8-21(15)14-4-5-25-18(14)17(9)11/h1-3,7-8,14,18H,4-6H2,(H,23,24)/t14-,18+/m1/s1. The topological polar surface area (TPSA) is 68.5 Å². The number of carboxylic acids is 1. The third kappa shape index (κ3) is 1.85. The van der Waals surface area contributed by atoms with Crippen molar-refractivity contribution in [3.8, 4) is 0 Å². The number of rotatable bonds is 1. The number of aromatic nitrogens is 1. The molecular weight excluding hydrogens is 325 g/mol. The first kappa shape index (κ1) is 14.6. The highest BCUT2D eigenvalue weighted by atomic mass is 19.1. The molecule has 0 bridgehead atoms. The van der Waals surface area contributed by atoms with Gasteiger partial charge >= 0.3 is 5.97 Å². The summed E-state index contributed by atoms with van der Waals surface area (Å²) in [4.78, 5) is 23.6. The molecule has 2 aromatic rings. The second-order valence-corrected chi connectivity index (χ2v) is 6.63. The molecule has 126 valence electrons. The van der Waals surface area contributed by atoms with E-state index < -0.39 is 11.4 Å². The Balaban J connectivity index is 1.80. The van der Waals surface area contributed by atoms with Crippen LogP contribution in [0.3, 0.4) is 0 Å². The maximum Gasteiger partial charge on any atom is 0.341 e. The zero-order chi connectivity index (χ0) is 17.3. The van der Waals surface area contributed by atoms with Crippen LogP contribution in [0.15, 0.2) is 35.3 Å². The molecule has 0 unspecified atom stereocenters. The number of halogens is 1. The van der Waals surface area contributed by atoms with Crippen molar-refractivity contribution in [1.29, 1.82) is 0 Å². The maximum absolute atomic E-state index is 14.3. The van der Waals surface area contributed by atoms with Crippen molar-refractivity contribution in [1.82, 2.24) is 4.57 Å². The summed E-state index contributed by atoms with van der Waals surface area (Å²) in [7, 11) is 0. The SMILES string of the molecule is O=C(O)c1cn2c(cc1=O)C1=C(c3cccc(F)c3C1)[C@H]1OCC[C@H]12. The van der Waals surface area contributed by atoms with Gasteiger partial charge in [0.05, 0.1) is 6.04 Å². The van der Waals surface area contributed by atoms with E-state index in [2.05, 4.69) is 0 Å². The highest BCUT2D eigenvalue weighted by Crippen LogP contribution is 2.50. The van der Waals surface area contributed by atoms with E-state index in [1.54, 1.807) is 6.07 Å². The minimum Gasteiger partial charge on any atom is -0.477 e. The first-order valence-corrected chi connectivity index (χ1v) is 8.18. The van der Waals surface area contributed by atoms with Crippen molar-refractivity contribution in [2.45, 2.75) is 25.0 Å². The highest BCUT2D eigenvalue weighted by molar-refractivity contribution is 6.00. The Bertz CT molecular complexity index is 1040. The van der Waals surface area contributed by atoms with Crippen LogP contribution in [0.25, 0.3) is 11.1 Å². The van der Waals surface area contributed by atoms with Crippen LogP contribution in [0, 0.1) is 5.82 Å². The second-order valence-electron chi connectivity index (χ2n) is 6.63. The van der Waals surface area contributed by atoms with Crippen molar-refractivity contribution in [3.63, 3.8) is 0 Å². The lowest BCUT2D eigenvalue weighted by molar-refractivity contribution is 0.0693. The van der Waals surface area contributed by atoms with E-state index >= 15 is 0 Å². The highest BCUT2D eigenvalue weighted by Gasteiger charge is 2.43. The number of carboxylic acid groups (broad SMARTS) is 1. The molecule has 0 radical (unpaired) electrons. The molecule has 2 atom stereocenters. The number of fused-ring (bicyclic) bond motifs is 7. The van der Waals surface area contributed by atoms with Crippen molar-refractivity contribution in [2.24, 2.45) is 0 Å². The molecule has 0 saturated carbocycles. The van der Waals surface area contributed by atoms with Gasteiger partial charge in [0.25, 0.3) is 0 Å². The maximum atomic E-state index is 14.3. The van der Waals surface area contributed by atoms with Gasteiger partial charge in [0.15, 0.2) is 5.43 Å². The summed E-state index contributed by atoms with van der Waals surface area (Å²) in [6.07, 6.45) is 2.28. The van der Waals surface area contributed by atoms with Gasteiger partial charge in [-0.05, 0) is 34.8 Å². The Labute approximate surface area is 142 Å². The zero-order valence-corrected chi connectivity index (χ0v) is 13.2. The fourth-order valence-corrected chi connectivity index (χ4v) is 4.34. The van der Waals surface area contributed by atoms with Crippen molar-refractivity contribution in [2.75, 3.05) is 6.61 Å². The first-order chi connectivity index (χ1) is 12.1. The summed E-state index contributed by atoms with van der Waals surface area (Å²) in [6.45, 7) is 0.546. The van der Waals surface area contributed by atoms with E-state index in [1.165, 1.54) is 18.3 Å².